The Hall–Kier alpha value is -2.48. The molecule has 1 aliphatic heterocycles. The van der Waals surface area contributed by atoms with Gasteiger partial charge in [-0.15, -0.1) is 0 Å². The molecule has 2 aromatic rings. The van der Waals surface area contributed by atoms with Crippen LogP contribution in [0.25, 0.3) is 0 Å². The third-order valence-electron chi connectivity index (χ3n) is 4.61. The van der Waals surface area contributed by atoms with E-state index < -0.39 is 10.0 Å². The topological polar surface area (TPSA) is 75.7 Å². The number of ketones is 1. The van der Waals surface area contributed by atoms with Crippen LogP contribution in [0.15, 0.2) is 59.6 Å². The second-order valence-electron chi connectivity index (χ2n) is 6.70. The predicted molar refractivity (Wildman–Crippen MR) is 109 cm³/mol. The SMILES string of the molecule is Cc1ccc(C)c(C(=O)C=CNc2ccc(S(=O)(=O)N3CCOCC3)cc2)c1. The quantitative estimate of drug-likeness (QED) is 0.596. The molecule has 0 saturated carbocycles. The van der Waals surface area contributed by atoms with Crippen LogP contribution in [-0.4, -0.2) is 44.8 Å². The van der Waals surface area contributed by atoms with Crippen molar-refractivity contribution in [3.63, 3.8) is 0 Å². The summed E-state index contributed by atoms with van der Waals surface area (Å²) in [6.07, 6.45) is 3.04. The molecule has 1 N–H and O–H groups in total. The maximum atomic E-state index is 12.6. The number of allylic oxidation sites excluding steroid dienone is 1. The van der Waals surface area contributed by atoms with Crippen molar-refractivity contribution >= 4 is 21.5 Å². The highest BCUT2D eigenvalue weighted by Gasteiger charge is 2.25. The fourth-order valence-corrected chi connectivity index (χ4v) is 4.37. The van der Waals surface area contributed by atoms with Crippen molar-refractivity contribution in [2.75, 3.05) is 31.6 Å². The van der Waals surface area contributed by atoms with Crippen molar-refractivity contribution in [3.8, 4) is 0 Å². The molecule has 0 unspecified atom stereocenters. The van der Waals surface area contributed by atoms with Crippen molar-refractivity contribution in [2.45, 2.75) is 18.7 Å². The smallest absolute Gasteiger partial charge is 0.243 e. The van der Waals surface area contributed by atoms with Gasteiger partial charge in [0.1, 0.15) is 0 Å². The van der Waals surface area contributed by atoms with Gasteiger partial charge in [0.15, 0.2) is 5.78 Å². The predicted octanol–water partition coefficient (Wildman–Crippen LogP) is 3.13. The third kappa shape index (κ3) is 4.67. The molecule has 2 aromatic carbocycles. The molecule has 0 radical (unpaired) electrons. The van der Waals surface area contributed by atoms with Crippen LogP contribution in [-0.2, 0) is 14.8 Å². The van der Waals surface area contributed by atoms with E-state index in [1.54, 1.807) is 30.5 Å². The standard InChI is InChI=1S/C21H24N2O4S/c1-16-3-4-17(2)20(15-16)21(24)9-10-22-18-5-7-19(8-6-18)28(25,26)23-11-13-27-14-12-23/h3-10,15,22H,11-14H2,1-2H3. The molecule has 0 amide bonds. The van der Waals surface area contributed by atoms with Gasteiger partial charge >= 0.3 is 0 Å². The van der Waals surface area contributed by atoms with Crippen LogP contribution >= 0.6 is 0 Å². The van der Waals surface area contributed by atoms with Gasteiger partial charge in [-0.3, -0.25) is 4.79 Å². The summed E-state index contributed by atoms with van der Waals surface area (Å²) in [7, 11) is -3.50. The number of morpholine rings is 1. The Kier molecular flexibility index (Phi) is 6.28. The Morgan fingerprint density at radius 2 is 1.75 bits per heavy atom. The van der Waals surface area contributed by atoms with Crippen LogP contribution in [0.4, 0.5) is 5.69 Å². The van der Waals surface area contributed by atoms with Gasteiger partial charge in [-0.25, -0.2) is 8.42 Å². The largest absolute Gasteiger partial charge is 0.379 e. The fraction of sp³-hybridized carbons (Fsp3) is 0.286. The molecule has 0 bridgehead atoms. The van der Waals surface area contributed by atoms with Gasteiger partial charge in [0.2, 0.25) is 10.0 Å². The number of carbonyl (C=O) groups excluding carboxylic acids is 1. The molecule has 1 fully saturated rings. The molecular weight excluding hydrogens is 376 g/mol. The molecule has 1 aliphatic rings. The average Bonchev–Trinajstić information content (AvgIpc) is 2.71. The Balaban J connectivity index is 1.65. The molecule has 0 spiro atoms. The molecule has 28 heavy (non-hydrogen) atoms. The van der Waals surface area contributed by atoms with Gasteiger partial charge in [0.25, 0.3) is 0 Å². The number of aryl methyl sites for hydroxylation is 2. The Morgan fingerprint density at radius 3 is 2.43 bits per heavy atom. The van der Waals surface area contributed by atoms with Crippen LogP contribution in [0.3, 0.4) is 0 Å². The van der Waals surface area contributed by atoms with Crippen molar-refractivity contribution in [1.29, 1.82) is 0 Å². The number of ether oxygens (including phenoxy) is 1. The lowest BCUT2D eigenvalue weighted by Gasteiger charge is -2.26. The normalized spacial score (nSPS) is 15.6. The number of benzene rings is 2. The Morgan fingerprint density at radius 1 is 1.07 bits per heavy atom. The van der Waals surface area contributed by atoms with Crippen LogP contribution in [0.5, 0.6) is 0 Å². The van der Waals surface area contributed by atoms with E-state index in [4.69, 9.17) is 4.74 Å². The first-order valence-electron chi connectivity index (χ1n) is 9.10. The van der Waals surface area contributed by atoms with Gasteiger partial charge < -0.3 is 10.1 Å². The summed E-state index contributed by atoms with van der Waals surface area (Å²) in [5, 5.41) is 3.01. The number of hydrogen-bond acceptors (Lipinski definition) is 5. The molecule has 1 saturated heterocycles. The number of anilines is 1. The zero-order valence-corrected chi connectivity index (χ0v) is 16.8. The van der Waals surface area contributed by atoms with Gasteiger partial charge in [0, 0.05) is 36.6 Å². The van der Waals surface area contributed by atoms with Crippen LogP contribution in [0.2, 0.25) is 0 Å². The van der Waals surface area contributed by atoms with Crippen molar-refractivity contribution in [1.82, 2.24) is 4.31 Å². The minimum atomic E-state index is -3.50. The van der Waals surface area contributed by atoms with E-state index >= 15 is 0 Å². The average molecular weight is 401 g/mol. The summed E-state index contributed by atoms with van der Waals surface area (Å²) in [5.41, 5.74) is 3.33. The Labute approximate surface area is 165 Å². The van der Waals surface area contributed by atoms with Crippen molar-refractivity contribution in [2.24, 2.45) is 0 Å². The number of nitrogens with one attached hydrogen (secondary N) is 1. The minimum Gasteiger partial charge on any atom is -0.379 e. The maximum Gasteiger partial charge on any atom is 0.243 e. The van der Waals surface area contributed by atoms with E-state index in [2.05, 4.69) is 5.32 Å². The summed E-state index contributed by atoms with van der Waals surface area (Å²) in [6, 6.07) is 12.3. The highest BCUT2D eigenvalue weighted by molar-refractivity contribution is 7.89. The molecule has 7 heteroatoms. The van der Waals surface area contributed by atoms with Gasteiger partial charge in [-0.1, -0.05) is 17.7 Å². The number of hydrogen-bond donors (Lipinski definition) is 1. The Bertz CT molecular complexity index is 976. The van der Waals surface area contributed by atoms with Crippen molar-refractivity contribution < 1.29 is 17.9 Å². The van der Waals surface area contributed by atoms with E-state index in [0.717, 1.165) is 11.1 Å². The van der Waals surface area contributed by atoms with Gasteiger partial charge in [-0.05, 0) is 49.7 Å². The van der Waals surface area contributed by atoms with Gasteiger partial charge in [-0.2, -0.15) is 4.31 Å². The molecule has 148 valence electrons. The highest BCUT2D eigenvalue weighted by Crippen LogP contribution is 2.19. The third-order valence-corrected chi connectivity index (χ3v) is 6.52. The zero-order chi connectivity index (χ0) is 20.1. The van der Waals surface area contributed by atoms with E-state index in [0.29, 0.717) is 37.6 Å². The minimum absolute atomic E-state index is 0.0831. The summed E-state index contributed by atoms with van der Waals surface area (Å²) in [4.78, 5) is 12.6. The summed E-state index contributed by atoms with van der Waals surface area (Å²) >= 11 is 0. The number of rotatable bonds is 6. The van der Waals surface area contributed by atoms with Crippen LogP contribution in [0.1, 0.15) is 21.5 Å². The van der Waals surface area contributed by atoms with Crippen LogP contribution in [0, 0.1) is 13.8 Å². The van der Waals surface area contributed by atoms with Crippen LogP contribution < -0.4 is 5.32 Å². The van der Waals surface area contributed by atoms with E-state index in [9.17, 15) is 13.2 Å². The lowest BCUT2D eigenvalue weighted by molar-refractivity contribution is 0.0730. The second kappa shape index (κ2) is 8.68. The number of nitrogens with zero attached hydrogens (tertiary/aromatic N) is 1. The summed E-state index contributed by atoms with van der Waals surface area (Å²) < 4.78 is 31.9. The van der Waals surface area contributed by atoms with Gasteiger partial charge in [0.05, 0.1) is 18.1 Å². The zero-order valence-electron chi connectivity index (χ0n) is 16.0. The van der Waals surface area contributed by atoms with E-state index in [1.807, 2.05) is 32.0 Å². The first kappa shape index (κ1) is 20.3. The monoisotopic (exact) mass is 400 g/mol. The first-order chi connectivity index (χ1) is 13.4. The van der Waals surface area contributed by atoms with E-state index in [-0.39, 0.29) is 10.7 Å². The lowest BCUT2D eigenvalue weighted by atomic mass is 10.0. The van der Waals surface area contributed by atoms with E-state index in [1.165, 1.54) is 10.4 Å². The number of carbonyl (C=O) groups is 1. The summed E-state index contributed by atoms with van der Waals surface area (Å²) in [6.45, 7) is 5.42. The molecule has 6 nitrogen and oxygen atoms in total. The molecular formula is C21H24N2O4S. The molecule has 0 aromatic heterocycles. The number of sulfonamides is 1. The fourth-order valence-electron chi connectivity index (χ4n) is 2.96. The van der Waals surface area contributed by atoms with Crippen molar-refractivity contribution in [3.05, 3.63) is 71.4 Å². The molecule has 0 aliphatic carbocycles. The molecule has 0 atom stereocenters. The highest BCUT2D eigenvalue weighted by atomic mass is 32.2. The summed E-state index contributed by atoms with van der Waals surface area (Å²) in [5.74, 6) is -0.0831. The second-order valence-corrected chi connectivity index (χ2v) is 8.64. The molecule has 3 rings (SSSR count). The molecule has 1 heterocycles. The maximum absolute atomic E-state index is 12.6. The lowest BCUT2D eigenvalue weighted by Crippen LogP contribution is -2.40. The first-order valence-corrected chi connectivity index (χ1v) is 10.5.